The zero-order valence-corrected chi connectivity index (χ0v) is 16.5. The Morgan fingerprint density at radius 2 is 1.75 bits per heavy atom. The van der Waals surface area contributed by atoms with Crippen LogP contribution in [-0.4, -0.2) is 44.3 Å². The van der Waals surface area contributed by atoms with Crippen LogP contribution >= 0.6 is 28.3 Å². The van der Waals surface area contributed by atoms with Crippen LogP contribution in [0.25, 0.3) is 0 Å². The first kappa shape index (κ1) is 19.4. The minimum atomic E-state index is -3.53. The minimum Gasteiger partial charge on any atom is -0.303 e. The molecule has 0 spiro atoms. The van der Waals surface area contributed by atoms with Gasteiger partial charge in [-0.15, -0.1) is 12.4 Å². The number of rotatable bonds is 3. The topological polar surface area (TPSA) is 40.6 Å². The molecule has 24 heavy (non-hydrogen) atoms. The number of hydrogen-bond acceptors (Lipinski definition) is 3. The van der Waals surface area contributed by atoms with Crippen LogP contribution in [0.4, 0.5) is 0 Å². The highest BCUT2D eigenvalue weighted by Crippen LogP contribution is 2.31. The summed E-state index contributed by atoms with van der Waals surface area (Å²) in [5.41, 5.74) is 1.03. The molecule has 0 radical (unpaired) electrons. The van der Waals surface area contributed by atoms with Gasteiger partial charge in [0.25, 0.3) is 0 Å². The summed E-state index contributed by atoms with van der Waals surface area (Å²) in [5, 5.41) is 0. The monoisotopic (exact) mass is 430 g/mol. The second kappa shape index (κ2) is 7.97. The van der Waals surface area contributed by atoms with Gasteiger partial charge < -0.3 is 4.90 Å². The number of benzene rings is 2. The molecule has 1 aliphatic heterocycles. The van der Waals surface area contributed by atoms with Crippen LogP contribution in [0.5, 0.6) is 0 Å². The van der Waals surface area contributed by atoms with Crippen LogP contribution in [0.2, 0.25) is 0 Å². The van der Waals surface area contributed by atoms with E-state index >= 15 is 0 Å². The Morgan fingerprint density at radius 1 is 1.04 bits per heavy atom. The normalized spacial score (nSPS) is 19.7. The van der Waals surface area contributed by atoms with Gasteiger partial charge >= 0.3 is 0 Å². The first-order valence-corrected chi connectivity index (χ1v) is 9.73. The number of likely N-dealkylation sites (N-methyl/N-ethyl adjacent to an activating group) is 1. The van der Waals surface area contributed by atoms with E-state index in [-0.39, 0.29) is 18.4 Å². The minimum absolute atomic E-state index is 0. The summed E-state index contributed by atoms with van der Waals surface area (Å²) in [5.74, 6) is 0. The number of nitrogens with zero attached hydrogens (tertiary/aromatic N) is 2. The molecule has 2 aromatic carbocycles. The molecule has 4 nitrogen and oxygen atoms in total. The standard InChI is InChI=1S/C17H19BrN2O2S.ClH/c1-19-10-11-20(17(13-19)14-6-3-2-4-7-14)23(21,22)16-9-5-8-15(18)12-16;/h2-9,12,17H,10-11,13H2,1H3;1H. The fraction of sp³-hybridized carbons (Fsp3) is 0.294. The summed E-state index contributed by atoms with van der Waals surface area (Å²) in [6.45, 7) is 1.92. The van der Waals surface area contributed by atoms with Crippen LogP contribution in [0.3, 0.4) is 0 Å². The van der Waals surface area contributed by atoms with Crippen molar-refractivity contribution >= 4 is 38.4 Å². The van der Waals surface area contributed by atoms with E-state index in [1.54, 1.807) is 22.5 Å². The van der Waals surface area contributed by atoms with Gasteiger partial charge in [-0.3, -0.25) is 0 Å². The van der Waals surface area contributed by atoms with Crippen molar-refractivity contribution in [2.24, 2.45) is 0 Å². The summed E-state index contributed by atoms with van der Waals surface area (Å²) in [6.07, 6.45) is 0. The van der Waals surface area contributed by atoms with Crippen molar-refractivity contribution in [2.45, 2.75) is 10.9 Å². The average molecular weight is 432 g/mol. The lowest BCUT2D eigenvalue weighted by atomic mass is 10.1. The van der Waals surface area contributed by atoms with Crippen molar-refractivity contribution in [3.05, 3.63) is 64.6 Å². The van der Waals surface area contributed by atoms with Crippen molar-refractivity contribution in [2.75, 3.05) is 26.7 Å². The van der Waals surface area contributed by atoms with Gasteiger partial charge in [-0.05, 0) is 30.8 Å². The maximum atomic E-state index is 13.1. The zero-order valence-electron chi connectivity index (χ0n) is 13.3. The molecule has 0 bridgehead atoms. The van der Waals surface area contributed by atoms with Gasteiger partial charge in [-0.2, -0.15) is 4.31 Å². The van der Waals surface area contributed by atoms with Crippen molar-refractivity contribution in [1.29, 1.82) is 0 Å². The summed E-state index contributed by atoms with van der Waals surface area (Å²) in [7, 11) is -1.50. The molecule has 0 saturated carbocycles. The highest BCUT2D eigenvalue weighted by molar-refractivity contribution is 9.10. The number of piperazine rings is 1. The highest BCUT2D eigenvalue weighted by atomic mass is 79.9. The second-order valence-corrected chi connectivity index (χ2v) is 8.57. The number of hydrogen-bond donors (Lipinski definition) is 0. The maximum absolute atomic E-state index is 13.1. The number of halogens is 2. The molecule has 0 N–H and O–H groups in total. The molecular weight excluding hydrogens is 412 g/mol. The second-order valence-electron chi connectivity index (χ2n) is 5.76. The fourth-order valence-corrected chi connectivity index (χ4v) is 5.09. The van der Waals surface area contributed by atoms with Crippen molar-refractivity contribution < 1.29 is 8.42 Å². The van der Waals surface area contributed by atoms with E-state index in [1.807, 2.05) is 43.4 Å². The third kappa shape index (κ3) is 4.00. The van der Waals surface area contributed by atoms with Gasteiger partial charge in [0.2, 0.25) is 10.0 Å². The molecule has 130 valence electrons. The first-order valence-electron chi connectivity index (χ1n) is 7.49. The quantitative estimate of drug-likeness (QED) is 0.746. The smallest absolute Gasteiger partial charge is 0.243 e. The molecule has 7 heteroatoms. The lowest BCUT2D eigenvalue weighted by Crippen LogP contribution is -2.49. The molecule has 1 heterocycles. The first-order chi connectivity index (χ1) is 11.0. The molecule has 0 aliphatic carbocycles. The van der Waals surface area contributed by atoms with Crippen LogP contribution < -0.4 is 0 Å². The summed E-state index contributed by atoms with van der Waals surface area (Å²) >= 11 is 3.36. The van der Waals surface area contributed by atoms with E-state index in [4.69, 9.17) is 0 Å². The molecule has 0 aromatic heterocycles. The molecular formula is C17H20BrClN2O2S. The van der Waals surface area contributed by atoms with E-state index < -0.39 is 10.0 Å². The zero-order chi connectivity index (χ0) is 16.4. The maximum Gasteiger partial charge on any atom is 0.243 e. The van der Waals surface area contributed by atoms with E-state index in [1.165, 1.54) is 0 Å². The molecule has 3 rings (SSSR count). The molecule has 1 unspecified atom stereocenters. The summed E-state index contributed by atoms with van der Waals surface area (Å²) in [6, 6.07) is 16.6. The van der Waals surface area contributed by atoms with Gasteiger partial charge in [0.05, 0.1) is 10.9 Å². The van der Waals surface area contributed by atoms with Gasteiger partial charge in [-0.25, -0.2) is 8.42 Å². The van der Waals surface area contributed by atoms with Gasteiger partial charge in [0.15, 0.2) is 0 Å². The van der Waals surface area contributed by atoms with Crippen LogP contribution in [0.15, 0.2) is 64.0 Å². The van der Waals surface area contributed by atoms with Crippen LogP contribution in [0.1, 0.15) is 11.6 Å². The van der Waals surface area contributed by atoms with E-state index in [2.05, 4.69) is 20.8 Å². The Morgan fingerprint density at radius 3 is 2.42 bits per heavy atom. The fourth-order valence-electron chi connectivity index (χ4n) is 2.90. The van der Waals surface area contributed by atoms with Crippen LogP contribution in [-0.2, 0) is 10.0 Å². The molecule has 1 atom stereocenters. The molecule has 1 fully saturated rings. The largest absolute Gasteiger partial charge is 0.303 e. The Kier molecular flexibility index (Phi) is 6.45. The summed E-state index contributed by atoms with van der Waals surface area (Å²) < 4.78 is 28.6. The van der Waals surface area contributed by atoms with Crippen molar-refractivity contribution in [3.8, 4) is 0 Å². The highest BCUT2D eigenvalue weighted by Gasteiger charge is 2.36. The Hall–Kier alpha value is -0.920. The lowest BCUT2D eigenvalue weighted by molar-refractivity contribution is 0.160. The van der Waals surface area contributed by atoms with Gasteiger partial charge in [0, 0.05) is 24.1 Å². The Labute approximate surface area is 158 Å². The predicted molar refractivity (Wildman–Crippen MR) is 102 cm³/mol. The third-order valence-corrected chi connectivity index (χ3v) is 6.52. The van der Waals surface area contributed by atoms with Gasteiger partial charge in [-0.1, -0.05) is 52.3 Å². The average Bonchev–Trinajstić information content (AvgIpc) is 2.55. The van der Waals surface area contributed by atoms with E-state index in [0.29, 0.717) is 18.0 Å². The number of sulfonamides is 1. The Bertz CT molecular complexity index is 786. The van der Waals surface area contributed by atoms with Crippen molar-refractivity contribution in [1.82, 2.24) is 9.21 Å². The molecule has 1 saturated heterocycles. The van der Waals surface area contributed by atoms with E-state index in [0.717, 1.165) is 16.6 Å². The van der Waals surface area contributed by atoms with Crippen LogP contribution in [0, 0.1) is 0 Å². The molecule has 0 amide bonds. The Balaban J connectivity index is 0.00000208. The lowest BCUT2D eigenvalue weighted by Gasteiger charge is -2.39. The molecule has 2 aromatic rings. The predicted octanol–water partition coefficient (Wildman–Crippen LogP) is 3.55. The van der Waals surface area contributed by atoms with Gasteiger partial charge in [0.1, 0.15) is 0 Å². The molecule has 1 aliphatic rings. The van der Waals surface area contributed by atoms with Crippen molar-refractivity contribution in [3.63, 3.8) is 0 Å². The SMILES string of the molecule is CN1CCN(S(=O)(=O)c2cccc(Br)c2)C(c2ccccc2)C1.Cl. The third-order valence-electron chi connectivity index (χ3n) is 4.12. The van der Waals surface area contributed by atoms with E-state index in [9.17, 15) is 8.42 Å². The summed E-state index contributed by atoms with van der Waals surface area (Å²) in [4.78, 5) is 2.50.